The molecule has 0 aliphatic carbocycles. The Kier molecular flexibility index (Phi) is 7.07. The van der Waals surface area contributed by atoms with Crippen molar-refractivity contribution in [3.8, 4) is 0 Å². The Morgan fingerprint density at radius 1 is 1.36 bits per heavy atom. The van der Waals surface area contributed by atoms with E-state index in [1.807, 2.05) is 13.0 Å². The van der Waals surface area contributed by atoms with Gasteiger partial charge in [-0.2, -0.15) is 5.10 Å². The van der Waals surface area contributed by atoms with Crippen LogP contribution in [0.2, 0.25) is 0 Å². The fraction of sp³-hybridized carbons (Fsp3) is 0.833. The molecule has 0 aromatic carbocycles. The summed E-state index contributed by atoms with van der Waals surface area (Å²) in [4.78, 5) is 0. The molecule has 1 aliphatic rings. The molecule has 0 aromatic heterocycles. The number of nitrogens with zero attached hydrogens (tertiary/aromatic N) is 2. The predicted molar refractivity (Wildman–Crippen MR) is 93.1 cm³/mol. The second-order valence-corrected chi connectivity index (χ2v) is 6.57. The highest BCUT2D eigenvalue weighted by atomic mass is 16.5. The van der Waals surface area contributed by atoms with Gasteiger partial charge >= 0.3 is 0 Å². The van der Waals surface area contributed by atoms with E-state index >= 15 is 0 Å². The highest BCUT2D eigenvalue weighted by Crippen LogP contribution is 2.35. The van der Waals surface area contributed by atoms with Gasteiger partial charge < -0.3 is 9.84 Å². The van der Waals surface area contributed by atoms with E-state index in [9.17, 15) is 5.11 Å². The molecule has 1 saturated heterocycles. The molecular formula is C18H34N2O2. The summed E-state index contributed by atoms with van der Waals surface area (Å²) in [6.45, 7) is 13.2. The quantitative estimate of drug-likeness (QED) is 0.523. The molecule has 1 rings (SSSR count). The standard InChI is InChI=1S/C18H34N2O2/c1-7-17(5,8-2)16(21)14-19-20-13-11-12-15(20)18(9-3,10-4)22-6/h7,14-16,21H,1,8-13H2,2-6H3/b19-14+/t15-,16-,17-/m0/s1. The molecule has 128 valence electrons. The van der Waals surface area contributed by atoms with E-state index in [0.717, 1.165) is 38.6 Å². The smallest absolute Gasteiger partial charge is 0.0996 e. The molecule has 0 saturated carbocycles. The largest absolute Gasteiger partial charge is 0.386 e. The molecule has 1 heterocycles. The molecule has 4 heteroatoms. The normalized spacial score (nSPS) is 23.7. The van der Waals surface area contributed by atoms with Crippen LogP contribution in [0.15, 0.2) is 17.8 Å². The highest BCUT2D eigenvalue weighted by Gasteiger charge is 2.42. The first-order chi connectivity index (χ1) is 10.4. The maximum Gasteiger partial charge on any atom is 0.0996 e. The number of hydrogen-bond donors (Lipinski definition) is 1. The van der Waals surface area contributed by atoms with Gasteiger partial charge in [-0.15, -0.1) is 6.58 Å². The van der Waals surface area contributed by atoms with Gasteiger partial charge in [-0.3, -0.25) is 5.01 Å². The SMILES string of the molecule is C=C[C@@](C)(CC)[C@@H](O)/C=N/N1CCC[C@H]1C(CC)(CC)OC. The van der Waals surface area contributed by atoms with E-state index in [-0.39, 0.29) is 17.1 Å². The summed E-state index contributed by atoms with van der Waals surface area (Å²) in [6.07, 6.45) is 7.87. The molecular weight excluding hydrogens is 276 g/mol. The summed E-state index contributed by atoms with van der Waals surface area (Å²) < 4.78 is 5.87. The van der Waals surface area contributed by atoms with Gasteiger partial charge in [0.05, 0.1) is 24.0 Å². The van der Waals surface area contributed by atoms with Crippen LogP contribution in [0.5, 0.6) is 0 Å². The maximum absolute atomic E-state index is 10.4. The number of methoxy groups -OCH3 is 1. The number of ether oxygens (including phenoxy) is 1. The lowest BCUT2D eigenvalue weighted by Gasteiger charge is -2.40. The van der Waals surface area contributed by atoms with Crippen LogP contribution in [0.1, 0.15) is 59.8 Å². The first-order valence-electron chi connectivity index (χ1n) is 8.60. The highest BCUT2D eigenvalue weighted by molar-refractivity contribution is 5.64. The first kappa shape index (κ1) is 19.2. The van der Waals surface area contributed by atoms with Crippen LogP contribution in [0, 0.1) is 5.41 Å². The molecule has 1 aliphatic heterocycles. The molecule has 4 nitrogen and oxygen atoms in total. The lowest BCUT2D eigenvalue weighted by atomic mass is 9.82. The molecule has 3 atom stereocenters. The van der Waals surface area contributed by atoms with Crippen LogP contribution in [-0.2, 0) is 4.74 Å². The van der Waals surface area contributed by atoms with E-state index in [0.29, 0.717) is 0 Å². The first-order valence-corrected chi connectivity index (χ1v) is 8.60. The molecule has 0 amide bonds. The van der Waals surface area contributed by atoms with Crippen molar-refractivity contribution in [1.82, 2.24) is 5.01 Å². The summed E-state index contributed by atoms with van der Waals surface area (Å²) >= 11 is 0. The van der Waals surface area contributed by atoms with Gasteiger partial charge in [-0.1, -0.05) is 33.8 Å². The fourth-order valence-corrected chi connectivity index (χ4v) is 3.36. The Morgan fingerprint density at radius 3 is 2.45 bits per heavy atom. The van der Waals surface area contributed by atoms with Gasteiger partial charge in [0.25, 0.3) is 0 Å². The third-order valence-electron chi connectivity index (χ3n) is 5.70. The van der Waals surface area contributed by atoms with Gasteiger partial charge in [0.1, 0.15) is 0 Å². The van der Waals surface area contributed by atoms with Gasteiger partial charge in [-0.05, 0) is 32.1 Å². The van der Waals surface area contributed by atoms with Crippen molar-refractivity contribution < 1.29 is 9.84 Å². The molecule has 0 aromatic rings. The Labute approximate surface area is 136 Å². The summed E-state index contributed by atoms with van der Waals surface area (Å²) in [5, 5.41) is 17.1. The minimum atomic E-state index is -0.614. The molecule has 1 fully saturated rings. The van der Waals surface area contributed by atoms with E-state index in [4.69, 9.17) is 4.74 Å². The number of aliphatic hydroxyl groups is 1. The topological polar surface area (TPSA) is 45.1 Å². The third kappa shape index (κ3) is 3.72. The monoisotopic (exact) mass is 310 g/mol. The van der Waals surface area contributed by atoms with Gasteiger partial charge in [0.2, 0.25) is 0 Å². The minimum Gasteiger partial charge on any atom is -0.386 e. The van der Waals surface area contributed by atoms with Crippen molar-refractivity contribution in [3.05, 3.63) is 12.7 Å². The molecule has 0 spiro atoms. The van der Waals surface area contributed by atoms with Gasteiger partial charge in [-0.25, -0.2) is 0 Å². The van der Waals surface area contributed by atoms with Crippen LogP contribution < -0.4 is 0 Å². The second-order valence-electron chi connectivity index (χ2n) is 6.57. The summed E-state index contributed by atoms with van der Waals surface area (Å²) in [5.74, 6) is 0. The van der Waals surface area contributed by atoms with Crippen LogP contribution in [0.25, 0.3) is 0 Å². The summed E-state index contributed by atoms with van der Waals surface area (Å²) in [5.41, 5.74) is -0.474. The van der Waals surface area contributed by atoms with Crippen molar-refractivity contribution in [2.24, 2.45) is 10.5 Å². The van der Waals surface area contributed by atoms with Crippen LogP contribution >= 0.6 is 0 Å². The third-order valence-corrected chi connectivity index (χ3v) is 5.70. The van der Waals surface area contributed by atoms with Crippen LogP contribution in [0.4, 0.5) is 0 Å². The van der Waals surface area contributed by atoms with Crippen molar-refractivity contribution in [2.75, 3.05) is 13.7 Å². The van der Waals surface area contributed by atoms with E-state index in [1.54, 1.807) is 13.3 Å². The average Bonchev–Trinajstić information content (AvgIpc) is 3.03. The lowest BCUT2D eigenvalue weighted by molar-refractivity contribution is -0.0733. The van der Waals surface area contributed by atoms with Crippen molar-refractivity contribution >= 4 is 6.21 Å². The maximum atomic E-state index is 10.4. The summed E-state index contributed by atoms with van der Waals surface area (Å²) in [7, 11) is 1.80. The zero-order valence-corrected chi connectivity index (χ0v) is 15.0. The van der Waals surface area contributed by atoms with E-state index < -0.39 is 6.10 Å². The van der Waals surface area contributed by atoms with Gasteiger partial charge in [0.15, 0.2) is 0 Å². The predicted octanol–water partition coefficient (Wildman–Crippen LogP) is 3.61. The second kappa shape index (κ2) is 8.11. The Bertz CT molecular complexity index is 371. The van der Waals surface area contributed by atoms with Crippen molar-refractivity contribution in [1.29, 1.82) is 0 Å². The fourth-order valence-electron chi connectivity index (χ4n) is 3.36. The van der Waals surface area contributed by atoms with Crippen molar-refractivity contribution in [2.45, 2.75) is 77.5 Å². The Hall–Kier alpha value is -0.870. The number of hydrazone groups is 1. The lowest BCUT2D eigenvalue weighted by Crippen LogP contribution is -2.49. The van der Waals surface area contributed by atoms with E-state index in [1.165, 1.54) is 0 Å². The zero-order valence-electron chi connectivity index (χ0n) is 15.0. The molecule has 0 unspecified atom stereocenters. The van der Waals surface area contributed by atoms with Gasteiger partial charge in [0, 0.05) is 19.1 Å². The Morgan fingerprint density at radius 2 is 2.00 bits per heavy atom. The number of hydrogen-bond acceptors (Lipinski definition) is 4. The average molecular weight is 310 g/mol. The number of rotatable bonds is 9. The summed E-state index contributed by atoms with van der Waals surface area (Å²) in [6, 6.07) is 0.285. The zero-order chi connectivity index (χ0) is 16.8. The van der Waals surface area contributed by atoms with Crippen LogP contribution in [-0.4, -0.2) is 47.7 Å². The van der Waals surface area contributed by atoms with E-state index in [2.05, 4.69) is 37.5 Å². The molecule has 0 bridgehead atoms. The molecule has 22 heavy (non-hydrogen) atoms. The molecule has 1 N–H and O–H groups in total. The van der Waals surface area contributed by atoms with Crippen molar-refractivity contribution in [3.63, 3.8) is 0 Å². The Balaban J connectivity index is 2.87. The number of aliphatic hydroxyl groups excluding tert-OH is 1. The van der Waals surface area contributed by atoms with Crippen LogP contribution in [0.3, 0.4) is 0 Å². The minimum absolute atomic E-state index is 0.148. The molecule has 0 radical (unpaired) electrons.